The van der Waals surface area contributed by atoms with Gasteiger partial charge in [0.05, 0.1) is 17.6 Å². The summed E-state index contributed by atoms with van der Waals surface area (Å²) in [5, 5.41) is 19.6. The highest BCUT2D eigenvalue weighted by atomic mass is 16.6. The summed E-state index contributed by atoms with van der Waals surface area (Å²) >= 11 is 0. The molecule has 0 aliphatic carbocycles. The minimum absolute atomic E-state index is 0.0107. The smallest absolute Gasteiger partial charge is 0.287 e. The van der Waals surface area contributed by atoms with Gasteiger partial charge in [-0.2, -0.15) is 0 Å². The van der Waals surface area contributed by atoms with Crippen molar-refractivity contribution < 1.29 is 10.0 Å². The van der Waals surface area contributed by atoms with Crippen molar-refractivity contribution in [1.82, 2.24) is 4.98 Å². The molecule has 1 saturated heterocycles. The lowest BCUT2D eigenvalue weighted by Gasteiger charge is -2.23. The average Bonchev–Trinajstić information content (AvgIpc) is 2.77. The summed E-state index contributed by atoms with van der Waals surface area (Å²) in [6.45, 7) is 0.939. The highest BCUT2D eigenvalue weighted by Gasteiger charge is 2.25. The van der Waals surface area contributed by atoms with Gasteiger partial charge in [0, 0.05) is 12.6 Å². The Balaban J connectivity index is 2.18. The third-order valence-corrected chi connectivity index (χ3v) is 2.83. The lowest BCUT2D eigenvalue weighted by Crippen LogP contribution is -2.32. The van der Waals surface area contributed by atoms with Crippen molar-refractivity contribution in [2.24, 2.45) is 0 Å². The summed E-state index contributed by atoms with van der Waals surface area (Å²) in [5.41, 5.74) is -0.0107. The van der Waals surface area contributed by atoms with Gasteiger partial charge in [0.25, 0.3) is 5.69 Å². The minimum Gasteiger partial charge on any atom is -0.394 e. The van der Waals surface area contributed by atoms with Crippen LogP contribution in [0.15, 0.2) is 18.3 Å². The number of hydrogen-bond donors (Lipinski definition) is 1. The van der Waals surface area contributed by atoms with E-state index >= 15 is 0 Å². The molecule has 0 saturated carbocycles. The molecule has 1 N–H and O–H groups in total. The van der Waals surface area contributed by atoms with Gasteiger partial charge in [0.1, 0.15) is 12.0 Å². The van der Waals surface area contributed by atoms with Crippen LogP contribution < -0.4 is 4.90 Å². The summed E-state index contributed by atoms with van der Waals surface area (Å²) in [6.07, 6.45) is 3.21. The number of aliphatic hydroxyl groups excluding tert-OH is 1. The molecule has 0 unspecified atom stereocenters. The molecule has 0 aromatic carbocycles. The van der Waals surface area contributed by atoms with E-state index in [1.165, 1.54) is 12.3 Å². The fourth-order valence-electron chi connectivity index (χ4n) is 1.98. The molecule has 1 fully saturated rings. The molecular formula is C10H13N3O3. The summed E-state index contributed by atoms with van der Waals surface area (Å²) in [5.74, 6) is 0.696. The fraction of sp³-hybridized carbons (Fsp3) is 0.500. The standard InChI is InChI=1S/C10H13N3O3/c14-7-9-2-1-5-12(9)10-4-3-8(6-11-10)13(15)16/h3-4,6,9,14H,1-2,5,7H2/t9-/m1/s1. The molecule has 6 heteroatoms. The highest BCUT2D eigenvalue weighted by Crippen LogP contribution is 2.24. The van der Waals surface area contributed by atoms with E-state index in [0.29, 0.717) is 5.82 Å². The Morgan fingerprint density at radius 2 is 2.44 bits per heavy atom. The van der Waals surface area contributed by atoms with Crippen LogP contribution in [0.2, 0.25) is 0 Å². The molecule has 0 bridgehead atoms. The van der Waals surface area contributed by atoms with Gasteiger partial charge in [-0.05, 0) is 18.9 Å². The van der Waals surface area contributed by atoms with Crippen LogP contribution >= 0.6 is 0 Å². The van der Waals surface area contributed by atoms with Gasteiger partial charge in [0.2, 0.25) is 0 Å². The van der Waals surface area contributed by atoms with Crippen molar-refractivity contribution in [3.63, 3.8) is 0 Å². The van der Waals surface area contributed by atoms with Crippen molar-refractivity contribution in [1.29, 1.82) is 0 Å². The van der Waals surface area contributed by atoms with Crippen LogP contribution in [0.4, 0.5) is 11.5 Å². The molecule has 1 atom stereocenters. The molecule has 0 spiro atoms. The monoisotopic (exact) mass is 223 g/mol. The van der Waals surface area contributed by atoms with Gasteiger partial charge in [0.15, 0.2) is 0 Å². The lowest BCUT2D eigenvalue weighted by atomic mass is 10.2. The molecule has 0 amide bonds. The second kappa shape index (κ2) is 4.44. The van der Waals surface area contributed by atoms with Gasteiger partial charge in [-0.25, -0.2) is 4.98 Å². The Bertz CT molecular complexity index is 379. The number of nitrogens with zero attached hydrogens (tertiary/aromatic N) is 3. The normalized spacial score (nSPS) is 20.1. The zero-order valence-corrected chi connectivity index (χ0v) is 8.74. The molecule has 1 aromatic rings. The zero-order chi connectivity index (χ0) is 11.5. The van der Waals surface area contributed by atoms with E-state index in [4.69, 9.17) is 5.11 Å². The maximum absolute atomic E-state index is 10.5. The van der Waals surface area contributed by atoms with E-state index in [9.17, 15) is 10.1 Å². The van der Waals surface area contributed by atoms with Crippen LogP contribution in [0.1, 0.15) is 12.8 Å². The second-order valence-corrected chi connectivity index (χ2v) is 3.80. The third kappa shape index (κ3) is 1.96. The first-order valence-electron chi connectivity index (χ1n) is 5.20. The van der Waals surface area contributed by atoms with Crippen molar-refractivity contribution in [3.05, 3.63) is 28.4 Å². The Hall–Kier alpha value is -1.69. The first-order chi connectivity index (χ1) is 7.72. The van der Waals surface area contributed by atoms with Crippen molar-refractivity contribution in [2.45, 2.75) is 18.9 Å². The second-order valence-electron chi connectivity index (χ2n) is 3.80. The Labute approximate surface area is 92.7 Å². The van der Waals surface area contributed by atoms with E-state index in [-0.39, 0.29) is 18.3 Å². The SMILES string of the molecule is O=[N+]([O-])c1ccc(N2CCC[C@@H]2CO)nc1. The summed E-state index contributed by atoms with van der Waals surface area (Å²) in [7, 11) is 0. The lowest BCUT2D eigenvalue weighted by molar-refractivity contribution is -0.385. The quantitative estimate of drug-likeness (QED) is 0.609. The van der Waals surface area contributed by atoms with Crippen molar-refractivity contribution >= 4 is 11.5 Å². The van der Waals surface area contributed by atoms with Gasteiger partial charge in [-0.1, -0.05) is 0 Å². The first-order valence-corrected chi connectivity index (χ1v) is 5.20. The molecular weight excluding hydrogens is 210 g/mol. The molecule has 16 heavy (non-hydrogen) atoms. The number of aromatic nitrogens is 1. The van der Waals surface area contributed by atoms with Gasteiger partial charge in [-0.15, -0.1) is 0 Å². The van der Waals surface area contributed by atoms with Crippen LogP contribution in [0.5, 0.6) is 0 Å². The van der Waals surface area contributed by atoms with E-state index in [1.807, 2.05) is 4.90 Å². The van der Waals surface area contributed by atoms with E-state index in [0.717, 1.165) is 19.4 Å². The maximum Gasteiger partial charge on any atom is 0.287 e. The van der Waals surface area contributed by atoms with E-state index in [2.05, 4.69) is 4.98 Å². The van der Waals surface area contributed by atoms with E-state index < -0.39 is 4.92 Å². The van der Waals surface area contributed by atoms with Crippen LogP contribution in [0.25, 0.3) is 0 Å². The first kappa shape index (κ1) is 10.8. The summed E-state index contributed by atoms with van der Waals surface area (Å²) in [6, 6.07) is 3.16. The molecule has 6 nitrogen and oxygen atoms in total. The topological polar surface area (TPSA) is 79.5 Å². The van der Waals surface area contributed by atoms with Crippen LogP contribution in [-0.2, 0) is 0 Å². The van der Waals surface area contributed by atoms with E-state index in [1.54, 1.807) is 6.07 Å². The number of hydrogen-bond acceptors (Lipinski definition) is 5. The number of nitro groups is 1. The molecule has 1 aromatic heterocycles. The van der Waals surface area contributed by atoms with Gasteiger partial charge >= 0.3 is 0 Å². The number of pyridine rings is 1. The Kier molecular flexibility index (Phi) is 3.00. The summed E-state index contributed by atoms with van der Waals surface area (Å²) < 4.78 is 0. The molecule has 1 aliphatic rings. The maximum atomic E-state index is 10.5. The molecule has 0 radical (unpaired) electrons. The summed E-state index contributed by atoms with van der Waals surface area (Å²) in [4.78, 5) is 16.0. The van der Waals surface area contributed by atoms with Gasteiger partial charge in [-0.3, -0.25) is 10.1 Å². The van der Waals surface area contributed by atoms with Crippen molar-refractivity contribution in [3.8, 4) is 0 Å². The fourth-order valence-corrected chi connectivity index (χ4v) is 1.98. The predicted octanol–water partition coefficient (Wildman–Crippen LogP) is 0.951. The molecule has 2 heterocycles. The zero-order valence-electron chi connectivity index (χ0n) is 8.74. The Morgan fingerprint density at radius 3 is 3.00 bits per heavy atom. The highest BCUT2D eigenvalue weighted by molar-refractivity contribution is 5.44. The van der Waals surface area contributed by atoms with Crippen LogP contribution in [-0.4, -0.2) is 34.2 Å². The van der Waals surface area contributed by atoms with Crippen LogP contribution in [0.3, 0.4) is 0 Å². The van der Waals surface area contributed by atoms with Crippen LogP contribution in [0, 0.1) is 10.1 Å². The van der Waals surface area contributed by atoms with Crippen molar-refractivity contribution in [2.75, 3.05) is 18.1 Å². The number of anilines is 1. The minimum atomic E-state index is -0.468. The number of aliphatic hydroxyl groups is 1. The Morgan fingerprint density at radius 1 is 1.62 bits per heavy atom. The predicted molar refractivity (Wildman–Crippen MR) is 58.3 cm³/mol. The van der Waals surface area contributed by atoms with Gasteiger partial charge < -0.3 is 10.0 Å². The molecule has 2 rings (SSSR count). The average molecular weight is 223 g/mol. The molecule has 1 aliphatic heterocycles. The number of rotatable bonds is 3. The third-order valence-electron chi connectivity index (χ3n) is 2.83. The largest absolute Gasteiger partial charge is 0.394 e. The molecule has 86 valence electrons.